The zero-order chi connectivity index (χ0) is 8.23. The van der Waals surface area contributed by atoms with Crippen LogP contribution in [-0.2, 0) is 0 Å². The predicted molar refractivity (Wildman–Crippen MR) is 50.0 cm³/mol. The fraction of sp³-hybridized carbons (Fsp3) is 0.500. The highest BCUT2D eigenvalue weighted by molar-refractivity contribution is 6.99. The molecule has 1 saturated heterocycles. The fourth-order valence-corrected chi connectivity index (χ4v) is 1.73. The topological polar surface area (TPSA) is 37.8 Å². The van der Waals surface area contributed by atoms with E-state index in [0.717, 1.165) is 31.6 Å². The van der Waals surface area contributed by atoms with Crippen molar-refractivity contribution in [1.82, 2.24) is 14.1 Å². The summed E-state index contributed by atoms with van der Waals surface area (Å²) in [7, 11) is 0. The van der Waals surface area contributed by atoms with Crippen molar-refractivity contribution in [3.05, 3.63) is 17.5 Å². The third-order valence-corrected chi connectivity index (χ3v) is 2.47. The number of piperidine rings is 1. The normalized spacial score (nSPS) is 17.8. The molecule has 0 amide bonds. The molecule has 12 heavy (non-hydrogen) atoms. The summed E-state index contributed by atoms with van der Waals surface area (Å²) in [6.45, 7) is 2.20. The second-order valence-electron chi connectivity index (χ2n) is 2.88. The van der Waals surface area contributed by atoms with Crippen LogP contribution >= 0.6 is 11.7 Å². The molecule has 1 fully saturated rings. The summed E-state index contributed by atoms with van der Waals surface area (Å²) in [5, 5.41) is 3.32. The lowest BCUT2D eigenvalue weighted by molar-refractivity contribution is 0.613. The van der Waals surface area contributed by atoms with Crippen LogP contribution in [0.1, 0.15) is 18.5 Å². The van der Waals surface area contributed by atoms with Crippen LogP contribution in [-0.4, -0.2) is 21.8 Å². The monoisotopic (exact) mass is 181 g/mol. The van der Waals surface area contributed by atoms with E-state index >= 15 is 0 Å². The lowest BCUT2D eigenvalue weighted by atomic mass is 10.0. The molecule has 1 aliphatic heterocycles. The Labute approximate surface area is 75.8 Å². The minimum Gasteiger partial charge on any atom is -0.316 e. The molecule has 1 N–H and O–H groups in total. The first kappa shape index (κ1) is 7.89. The Morgan fingerprint density at radius 1 is 1.42 bits per heavy atom. The number of aromatic nitrogens is 2. The van der Waals surface area contributed by atoms with Gasteiger partial charge in [0.1, 0.15) is 0 Å². The summed E-state index contributed by atoms with van der Waals surface area (Å²) >= 11 is 1.27. The van der Waals surface area contributed by atoms with Crippen LogP contribution in [0.4, 0.5) is 0 Å². The van der Waals surface area contributed by atoms with Crippen molar-refractivity contribution in [2.75, 3.05) is 13.1 Å². The quantitative estimate of drug-likeness (QED) is 0.709. The number of rotatable bonds is 1. The van der Waals surface area contributed by atoms with Gasteiger partial charge in [0.15, 0.2) is 0 Å². The van der Waals surface area contributed by atoms with Crippen molar-refractivity contribution < 1.29 is 0 Å². The van der Waals surface area contributed by atoms with Gasteiger partial charge < -0.3 is 5.32 Å². The van der Waals surface area contributed by atoms with Crippen molar-refractivity contribution in [3.63, 3.8) is 0 Å². The van der Waals surface area contributed by atoms with Gasteiger partial charge in [-0.05, 0) is 32.0 Å². The minimum atomic E-state index is 1.01. The molecule has 0 spiro atoms. The Hall–Kier alpha value is -0.740. The molecule has 0 radical (unpaired) electrons. The Morgan fingerprint density at radius 2 is 2.25 bits per heavy atom. The predicted octanol–water partition coefficient (Wildman–Crippen LogP) is 1.30. The first-order valence-corrected chi connectivity index (χ1v) is 4.86. The minimum absolute atomic E-state index is 1.01. The third kappa shape index (κ3) is 1.89. The average Bonchev–Trinajstić information content (AvgIpc) is 2.59. The standard InChI is InChI=1S/C8H11N3S/c1-3-9-4-2-7(1)5-8-6-10-12-11-8/h5-6,9H,1-4H2. The van der Waals surface area contributed by atoms with Gasteiger partial charge in [0.25, 0.3) is 0 Å². The van der Waals surface area contributed by atoms with Crippen LogP contribution in [0.3, 0.4) is 0 Å². The van der Waals surface area contributed by atoms with E-state index in [4.69, 9.17) is 0 Å². The zero-order valence-corrected chi connectivity index (χ0v) is 7.60. The van der Waals surface area contributed by atoms with Crippen molar-refractivity contribution >= 4 is 17.8 Å². The Bertz CT molecular complexity index is 258. The van der Waals surface area contributed by atoms with Crippen LogP contribution in [0.15, 0.2) is 11.8 Å². The van der Waals surface area contributed by atoms with Gasteiger partial charge in [-0.2, -0.15) is 8.75 Å². The smallest absolute Gasteiger partial charge is 0.0969 e. The van der Waals surface area contributed by atoms with Crippen LogP contribution in [0, 0.1) is 0 Å². The SMILES string of the molecule is C(=C1CCNCC1)c1cnsn1. The van der Waals surface area contributed by atoms with Gasteiger partial charge in [-0.15, -0.1) is 0 Å². The maximum Gasteiger partial charge on any atom is 0.0969 e. The van der Waals surface area contributed by atoms with Crippen molar-refractivity contribution in [3.8, 4) is 0 Å². The molecular weight excluding hydrogens is 170 g/mol. The molecule has 0 aromatic carbocycles. The van der Waals surface area contributed by atoms with E-state index in [0.29, 0.717) is 0 Å². The zero-order valence-electron chi connectivity index (χ0n) is 6.79. The van der Waals surface area contributed by atoms with Gasteiger partial charge >= 0.3 is 0 Å². The lowest BCUT2D eigenvalue weighted by Crippen LogP contribution is -2.22. The first-order valence-electron chi connectivity index (χ1n) is 4.13. The summed E-state index contributed by atoms with van der Waals surface area (Å²) in [6, 6.07) is 0. The second kappa shape index (κ2) is 3.78. The lowest BCUT2D eigenvalue weighted by Gasteiger charge is -2.14. The molecule has 1 aromatic rings. The molecule has 3 nitrogen and oxygen atoms in total. The molecule has 64 valence electrons. The van der Waals surface area contributed by atoms with Crippen molar-refractivity contribution in [2.45, 2.75) is 12.8 Å². The maximum atomic E-state index is 4.14. The molecular formula is C8H11N3S. The van der Waals surface area contributed by atoms with Crippen molar-refractivity contribution in [2.24, 2.45) is 0 Å². The maximum absolute atomic E-state index is 4.14. The Balaban J connectivity index is 2.07. The summed E-state index contributed by atoms with van der Waals surface area (Å²) in [5.74, 6) is 0. The van der Waals surface area contributed by atoms with E-state index in [-0.39, 0.29) is 0 Å². The van der Waals surface area contributed by atoms with Gasteiger partial charge in [-0.3, -0.25) is 0 Å². The molecule has 0 unspecified atom stereocenters. The second-order valence-corrected chi connectivity index (χ2v) is 3.44. The molecule has 1 aromatic heterocycles. The van der Waals surface area contributed by atoms with Gasteiger partial charge in [-0.1, -0.05) is 5.57 Å². The number of hydrogen-bond acceptors (Lipinski definition) is 4. The van der Waals surface area contributed by atoms with E-state index in [1.54, 1.807) is 0 Å². The largest absolute Gasteiger partial charge is 0.316 e. The fourth-order valence-electron chi connectivity index (χ4n) is 1.34. The van der Waals surface area contributed by atoms with Crippen LogP contribution < -0.4 is 5.32 Å². The molecule has 0 atom stereocenters. The summed E-state index contributed by atoms with van der Waals surface area (Å²) in [4.78, 5) is 0. The molecule has 0 aliphatic carbocycles. The van der Waals surface area contributed by atoms with Gasteiger partial charge in [-0.25, -0.2) is 0 Å². The van der Waals surface area contributed by atoms with E-state index in [1.165, 1.54) is 17.3 Å². The van der Waals surface area contributed by atoms with Crippen molar-refractivity contribution in [1.29, 1.82) is 0 Å². The highest BCUT2D eigenvalue weighted by atomic mass is 32.1. The molecule has 2 heterocycles. The highest BCUT2D eigenvalue weighted by Crippen LogP contribution is 2.13. The van der Waals surface area contributed by atoms with Gasteiger partial charge in [0, 0.05) is 0 Å². The summed E-state index contributed by atoms with van der Waals surface area (Å²) in [6.07, 6.45) is 6.28. The molecule has 4 heteroatoms. The average molecular weight is 181 g/mol. The van der Waals surface area contributed by atoms with E-state index in [2.05, 4.69) is 20.1 Å². The molecule has 0 bridgehead atoms. The van der Waals surface area contributed by atoms with Crippen LogP contribution in [0.2, 0.25) is 0 Å². The molecule has 2 rings (SSSR count). The Morgan fingerprint density at radius 3 is 2.92 bits per heavy atom. The number of nitrogens with zero attached hydrogens (tertiary/aromatic N) is 2. The Kier molecular flexibility index (Phi) is 2.48. The molecule has 1 aliphatic rings. The molecule has 0 saturated carbocycles. The van der Waals surface area contributed by atoms with E-state index in [9.17, 15) is 0 Å². The number of hydrogen-bond donors (Lipinski definition) is 1. The number of nitrogens with one attached hydrogen (secondary N) is 1. The van der Waals surface area contributed by atoms with E-state index in [1.807, 2.05) is 6.20 Å². The van der Waals surface area contributed by atoms with Gasteiger partial charge in [0.2, 0.25) is 0 Å². The summed E-state index contributed by atoms with van der Waals surface area (Å²) < 4.78 is 8.10. The van der Waals surface area contributed by atoms with Gasteiger partial charge in [0.05, 0.1) is 23.6 Å². The third-order valence-electron chi connectivity index (χ3n) is 1.98. The summed E-state index contributed by atoms with van der Waals surface area (Å²) in [5.41, 5.74) is 2.50. The van der Waals surface area contributed by atoms with E-state index < -0.39 is 0 Å². The highest BCUT2D eigenvalue weighted by Gasteiger charge is 2.04. The first-order chi connectivity index (χ1) is 5.95. The van der Waals surface area contributed by atoms with Crippen LogP contribution in [0.5, 0.6) is 0 Å². The van der Waals surface area contributed by atoms with Crippen LogP contribution in [0.25, 0.3) is 6.08 Å².